The van der Waals surface area contributed by atoms with Crippen LogP contribution >= 0.6 is 11.6 Å². The van der Waals surface area contributed by atoms with Crippen molar-refractivity contribution in [2.75, 3.05) is 19.0 Å². The molecule has 0 bridgehead atoms. The quantitative estimate of drug-likeness (QED) is 0.664. The van der Waals surface area contributed by atoms with E-state index in [0.29, 0.717) is 16.5 Å². The van der Waals surface area contributed by atoms with Crippen LogP contribution in [-0.4, -0.2) is 30.6 Å². The third kappa shape index (κ3) is 4.40. The molecule has 1 fully saturated rings. The summed E-state index contributed by atoms with van der Waals surface area (Å²) in [5.74, 6) is -1.25. The zero-order valence-corrected chi connectivity index (χ0v) is 15.6. The number of anilines is 1. The Balaban J connectivity index is 1.66. The third-order valence-corrected chi connectivity index (χ3v) is 4.90. The highest BCUT2D eigenvalue weighted by molar-refractivity contribution is 6.40. The summed E-state index contributed by atoms with van der Waals surface area (Å²) in [7, 11) is 1.45. The van der Waals surface area contributed by atoms with E-state index >= 15 is 0 Å². The number of hydrogen-bond donors (Lipinski definition) is 3. The topological polar surface area (TPSA) is 87.7 Å². The lowest BCUT2D eigenvalue weighted by molar-refractivity contribution is -0.137. The molecule has 1 aliphatic rings. The first-order valence-corrected chi connectivity index (χ1v) is 9.02. The Morgan fingerprint density at radius 3 is 2.52 bits per heavy atom. The maximum atomic E-state index is 12.2. The van der Waals surface area contributed by atoms with Gasteiger partial charge in [0.1, 0.15) is 11.4 Å². The maximum absolute atomic E-state index is 12.2. The summed E-state index contributed by atoms with van der Waals surface area (Å²) >= 11 is 5.93. The number of nitrogens with one attached hydrogen (secondary N) is 2. The highest BCUT2D eigenvalue weighted by Crippen LogP contribution is 2.45. The molecular formula is C20H21ClN2O4. The Kier molecular flexibility index (Phi) is 5.68. The van der Waals surface area contributed by atoms with Gasteiger partial charge in [0.15, 0.2) is 0 Å². The molecule has 2 aromatic rings. The van der Waals surface area contributed by atoms with Gasteiger partial charge in [0.05, 0.1) is 19.3 Å². The number of methoxy groups -OCH3 is 1. The third-order valence-electron chi connectivity index (χ3n) is 4.66. The second-order valence-electron chi connectivity index (χ2n) is 6.55. The maximum Gasteiger partial charge on any atom is 0.313 e. The summed E-state index contributed by atoms with van der Waals surface area (Å²) in [6, 6.07) is 13.9. The van der Waals surface area contributed by atoms with Crippen LogP contribution in [0.25, 0.3) is 0 Å². The highest BCUT2D eigenvalue weighted by atomic mass is 35.5. The van der Waals surface area contributed by atoms with Crippen molar-refractivity contribution in [2.45, 2.75) is 18.4 Å². The normalized spacial score (nSPS) is 15.5. The number of hydrogen-bond acceptors (Lipinski definition) is 4. The first kappa shape index (κ1) is 19.2. The van der Waals surface area contributed by atoms with Gasteiger partial charge in [0.25, 0.3) is 0 Å². The van der Waals surface area contributed by atoms with Crippen LogP contribution in [0.5, 0.6) is 5.75 Å². The summed E-state index contributed by atoms with van der Waals surface area (Å²) in [6.07, 6.45) is 1.76. The Morgan fingerprint density at radius 1 is 1.19 bits per heavy atom. The molecule has 1 aliphatic carbocycles. The number of amides is 2. The fourth-order valence-corrected chi connectivity index (χ4v) is 3.19. The van der Waals surface area contributed by atoms with Gasteiger partial charge >= 0.3 is 11.8 Å². The van der Waals surface area contributed by atoms with E-state index in [0.717, 1.165) is 18.4 Å². The van der Waals surface area contributed by atoms with Crippen LogP contribution in [0.3, 0.4) is 0 Å². The van der Waals surface area contributed by atoms with Gasteiger partial charge in [-0.3, -0.25) is 9.59 Å². The minimum Gasteiger partial charge on any atom is -0.495 e. The van der Waals surface area contributed by atoms with Crippen LogP contribution in [0.4, 0.5) is 5.69 Å². The molecule has 0 radical (unpaired) electrons. The largest absolute Gasteiger partial charge is 0.495 e. The molecule has 3 N–H and O–H groups in total. The van der Waals surface area contributed by atoms with Crippen LogP contribution < -0.4 is 15.4 Å². The van der Waals surface area contributed by atoms with E-state index in [1.807, 2.05) is 30.3 Å². The summed E-state index contributed by atoms with van der Waals surface area (Å²) < 4.78 is 5.15. The molecule has 1 unspecified atom stereocenters. The number of halogens is 1. The van der Waals surface area contributed by atoms with E-state index < -0.39 is 17.4 Å². The molecule has 6 nitrogen and oxygen atoms in total. The number of rotatable bonds is 6. The van der Waals surface area contributed by atoms with Gasteiger partial charge in [-0.1, -0.05) is 41.9 Å². The van der Waals surface area contributed by atoms with Crippen LogP contribution in [0.1, 0.15) is 18.4 Å². The number of carbonyl (C=O) groups is 2. The van der Waals surface area contributed by atoms with Crippen molar-refractivity contribution in [3.63, 3.8) is 0 Å². The summed E-state index contributed by atoms with van der Waals surface area (Å²) in [6.45, 7) is -0.0411. The summed E-state index contributed by atoms with van der Waals surface area (Å²) in [5, 5.41) is 16.5. The smallest absolute Gasteiger partial charge is 0.313 e. The second kappa shape index (κ2) is 7.98. The summed E-state index contributed by atoms with van der Waals surface area (Å²) in [5.41, 5.74) is -0.166. The average Bonchev–Trinajstić information content (AvgIpc) is 3.52. The Bertz CT molecular complexity index is 839. The lowest BCUT2D eigenvalue weighted by Crippen LogP contribution is -2.45. The molecule has 142 valence electrons. The van der Waals surface area contributed by atoms with E-state index in [1.54, 1.807) is 12.1 Å². The standard InChI is InChI=1S/C20H21ClN2O4/c1-27-17-10-9-15(21)11-16(17)23-19(25)18(24)22-12-20(26,14-7-8-14)13-5-3-2-4-6-13/h2-6,9-11,14,26H,7-8,12H2,1H3,(H,22,24)(H,23,25). The van der Waals surface area contributed by atoms with Crippen LogP contribution in [0.2, 0.25) is 5.02 Å². The van der Waals surface area contributed by atoms with Crippen LogP contribution in [-0.2, 0) is 15.2 Å². The zero-order valence-electron chi connectivity index (χ0n) is 14.9. The molecule has 0 spiro atoms. The molecule has 2 aromatic carbocycles. The Labute approximate surface area is 162 Å². The molecule has 7 heteroatoms. The number of carbonyl (C=O) groups excluding carboxylic acids is 2. The monoisotopic (exact) mass is 388 g/mol. The van der Waals surface area contributed by atoms with E-state index in [4.69, 9.17) is 16.3 Å². The minimum absolute atomic E-state index is 0.0411. The van der Waals surface area contributed by atoms with Crippen molar-refractivity contribution >= 4 is 29.1 Å². The van der Waals surface area contributed by atoms with Gasteiger partial charge in [-0.15, -0.1) is 0 Å². The van der Waals surface area contributed by atoms with Crippen molar-refractivity contribution in [1.29, 1.82) is 0 Å². The summed E-state index contributed by atoms with van der Waals surface area (Å²) in [4.78, 5) is 24.5. The molecule has 0 aliphatic heterocycles. The first-order chi connectivity index (χ1) is 12.9. The lowest BCUT2D eigenvalue weighted by Gasteiger charge is -2.29. The van der Waals surface area contributed by atoms with Crippen molar-refractivity contribution < 1.29 is 19.4 Å². The highest BCUT2D eigenvalue weighted by Gasteiger charge is 2.45. The lowest BCUT2D eigenvalue weighted by atomic mass is 9.88. The Hall–Kier alpha value is -2.57. The van der Waals surface area contributed by atoms with Gasteiger partial charge in [0.2, 0.25) is 0 Å². The molecule has 1 saturated carbocycles. The van der Waals surface area contributed by atoms with E-state index in [-0.39, 0.29) is 12.5 Å². The molecule has 0 saturated heterocycles. The SMILES string of the molecule is COc1ccc(Cl)cc1NC(=O)C(=O)NCC(O)(c1ccccc1)C1CC1. The van der Waals surface area contributed by atoms with Crippen molar-refractivity contribution in [3.05, 3.63) is 59.1 Å². The average molecular weight is 389 g/mol. The molecule has 3 rings (SSSR count). The molecule has 0 aromatic heterocycles. The predicted molar refractivity (Wildman–Crippen MR) is 103 cm³/mol. The van der Waals surface area contributed by atoms with Crippen molar-refractivity contribution in [3.8, 4) is 5.75 Å². The van der Waals surface area contributed by atoms with E-state index in [9.17, 15) is 14.7 Å². The number of benzene rings is 2. The van der Waals surface area contributed by atoms with Gasteiger partial charge < -0.3 is 20.5 Å². The molecule has 0 heterocycles. The van der Waals surface area contributed by atoms with Gasteiger partial charge in [-0.2, -0.15) is 0 Å². The van der Waals surface area contributed by atoms with Crippen LogP contribution in [0.15, 0.2) is 48.5 Å². The Morgan fingerprint density at radius 2 is 1.89 bits per heavy atom. The fraction of sp³-hybridized carbons (Fsp3) is 0.300. The van der Waals surface area contributed by atoms with E-state index in [1.165, 1.54) is 13.2 Å². The molecular weight excluding hydrogens is 368 g/mol. The molecule has 1 atom stereocenters. The fourth-order valence-electron chi connectivity index (χ4n) is 3.02. The van der Waals surface area contributed by atoms with Gasteiger partial charge in [0, 0.05) is 5.02 Å². The van der Waals surface area contributed by atoms with Crippen LogP contribution in [0, 0.1) is 5.92 Å². The number of ether oxygens (including phenoxy) is 1. The van der Waals surface area contributed by atoms with E-state index in [2.05, 4.69) is 10.6 Å². The zero-order chi connectivity index (χ0) is 19.4. The van der Waals surface area contributed by atoms with Gasteiger partial charge in [-0.05, 0) is 42.5 Å². The van der Waals surface area contributed by atoms with Crippen molar-refractivity contribution in [2.24, 2.45) is 5.92 Å². The van der Waals surface area contributed by atoms with Gasteiger partial charge in [-0.25, -0.2) is 0 Å². The predicted octanol–water partition coefficient (Wildman–Crippen LogP) is 2.70. The second-order valence-corrected chi connectivity index (χ2v) is 6.98. The minimum atomic E-state index is -1.19. The molecule has 2 amide bonds. The first-order valence-electron chi connectivity index (χ1n) is 8.64. The number of aliphatic hydroxyl groups is 1. The van der Waals surface area contributed by atoms with Crippen molar-refractivity contribution in [1.82, 2.24) is 5.32 Å². The molecule has 27 heavy (non-hydrogen) atoms.